The number of nitrogens with one attached hydrogen (secondary N) is 1. The van der Waals surface area contributed by atoms with Crippen LogP contribution in [0, 0.1) is 0 Å². The Labute approximate surface area is 223 Å². The fourth-order valence-electron chi connectivity index (χ4n) is 6.27. The molecule has 0 saturated carbocycles. The van der Waals surface area contributed by atoms with Crippen molar-refractivity contribution in [2.45, 2.75) is 0 Å². The van der Waals surface area contributed by atoms with Crippen molar-refractivity contribution < 1.29 is 8.83 Å². The zero-order valence-corrected chi connectivity index (χ0v) is 20.9. The molecule has 1 N–H and O–H groups in total. The van der Waals surface area contributed by atoms with Gasteiger partial charge in [-0.1, -0.05) is 72.8 Å². The highest BCUT2D eigenvalue weighted by Gasteiger charge is 2.20. The fourth-order valence-corrected chi connectivity index (χ4v) is 6.27. The molecule has 8 aromatic rings. The van der Waals surface area contributed by atoms with Crippen molar-refractivity contribution >= 4 is 55.3 Å². The summed E-state index contributed by atoms with van der Waals surface area (Å²) in [5, 5.41) is 8.25. The Hall–Kier alpha value is -5.28. The molecule has 0 radical (unpaired) electrons. The van der Waals surface area contributed by atoms with E-state index in [1.807, 2.05) is 12.1 Å². The van der Waals surface area contributed by atoms with Gasteiger partial charge in [0.05, 0.1) is 0 Å². The van der Waals surface area contributed by atoms with Crippen molar-refractivity contribution in [3.8, 4) is 33.4 Å². The lowest BCUT2D eigenvalue weighted by molar-refractivity contribution is 0.668. The molecule has 0 aliphatic carbocycles. The third kappa shape index (κ3) is 2.93. The largest absolute Gasteiger partial charge is 0.456 e. The van der Waals surface area contributed by atoms with Crippen molar-refractivity contribution in [1.82, 2.24) is 0 Å². The van der Waals surface area contributed by atoms with E-state index in [4.69, 9.17) is 8.83 Å². The van der Waals surface area contributed by atoms with Crippen LogP contribution in [0.25, 0.3) is 77.3 Å². The van der Waals surface area contributed by atoms with E-state index in [1.54, 1.807) is 0 Å². The summed E-state index contributed by atoms with van der Waals surface area (Å²) in [4.78, 5) is 0. The zero-order valence-electron chi connectivity index (χ0n) is 20.9. The van der Waals surface area contributed by atoms with Crippen LogP contribution in [-0.4, -0.2) is 0 Å². The Bertz CT molecular complexity index is 2270. The van der Waals surface area contributed by atoms with Gasteiger partial charge in [0.15, 0.2) is 0 Å². The van der Waals surface area contributed by atoms with Crippen molar-refractivity contribution in [1.29, 1.82) is 0 Å². The summed E-state index contributed by atoms with van der Waals surface area (Å²) in [7, 11) is 0. The molecule has 6 bridgehead atoms. The summed E-state index contributed by atoms with van der Waals surface area (Å²) in [6.07, 6.45) is 0. The Kier molecular flexibility index (Phi) is 4.05. The summed E-state index contributed by atoms with van der Waals surface area (Å²) in [6.45, 7) is 0. The van der Waals surface area contributed by atoms with Gasteiger partial charge in [0.2, 0.25) is 0 Å². The van der Waals surface area contributed by atoms with Crippen LogP contribution in [0.1, 0.15) is 0 Å². The second kappa shape index (κ2) is 7.62. The first kappa shape index (κ1) is 20.7. The van der Waals surface area contributed by atoms with E-state index < -0.39 is 0 Å². The predicted octanol–water partition coefficient (Wildman–Crippen LogP) is 10.5. The molecule has 0 saturated heterocycles. The van der Waals surface area contributed by atoms with Gasteiger partial charge < -0.3 is 14.2 Å². The fraction of sp³-hybridized carbons (Fsp3) is 0. The molecule has 2 aromatic heterocycles. The van der Waals surface area contributed by atoms with E-state index >= 15 is 0 Å². The maximum atomic E-state index is 6.50. The van der Waals surface area contributed by atoms with E-state index in [1.165, 1.54) is 0 Å². The molecule has 6 aromatic carbocycles. The summed E-state index contributed by atoms with van der Waals surface area (Å²) in [5.41, 5.74) is 12.3. The number of fused-ring (bicyclic) bond motifs is 4. The molecule has 0 spiro atoms. The first-order valence-corrected chi connectivity index (χ1v) is 13.2. The van der Waals surface area contributed by atoms with Crippen molar-refractivity contribution in [3.63, 3.8) is 0 Å². The van der Waals surface area contributed by atoms with Gasteiger partial charge in [0.25, 0.3) is 0 Å². The van der Waals surface area contributed by atoms with E-state index in [9.17, 15) is 0 Å². The Morgan fingerprint density at radius 2 is 1.03 bits per heavy atom. The molecule has 0 unspecified atom stereocenters. The van der Waals surface area contributed by atoms with Gasteiger partial charge in [-0.15, -0.1) is 0 Å². The van der Waals surface area contributed by atoms with E-state index in [2.05, 4.69) is 115 Å². The van der Waals surface area contributed by atoms with E-state index in [-0.39, 0.29) is 0 Å². The van der Waals surface area contributed by atoms with Crippen LogP contribution in [0.4, 0.5) is 11.4 Å². The molecular formula is C36H21NO2. The first-order valence-electron chi connectivity index (χ1n) is 13.2. The molecule has 2 aliphatic rings. The normalized spacial score (nSPS) is 12.3. The summed E-state index contributed by atoms with van der Waals surface area (Å²) < 4.78 is 12.9. The third-order valence-corrected chi connectivity index (χ3v) is 8.01. The Balaban J connectivity index is 1.48. The predicted molar refractivity (Wildman–Crippen MR) is 161 cm³/mol. The van der Waals surface area contributed by atoms with Gasteiger partial charge in [-0.25, -0.2) is 0 Å². The summed E-state index contributed by atoms with van der Waals surface area (Å²) in [6, 6.07) is 42.6. The Morgan fingerprint density at radius 3 is 1.95 bits per heavy atom. The average Bonchev–Trinajstić information content (AvgIpc) is 3.55. The number of para-hydroxylation sites is 3. The van der Waals surface area contributed by atoms with Crippen LogP contribution in [0.2, 0.25) is 0 Å². The molecule has 10 rings (SSSR count). The quantitative estimate of drug-likeness (QED) is 0.225. The molecule has 182 valence electrons. The molecule has 0 fully saturated rings. The molecule has 39 heavy (non-hydrogen) atoms. The summed E-state index contributed by atoms with van der Waals surface area (Å²) >= 11 is 0. The minimum absolute atomic E-state index is 0.873. The second-order valence-electron chi connectivity index (χ2n) is 10.2. The van der Waals surface area contributed by atoms with E-state index in [0.29, 0.717) is 0 Å². The average molecular weight is 500 g/mol. The van der Waals surface area contributed by atoms with E-state index in [0.717, 1.165) is 88.6 Å². The highest BCUT2D eigenvalue weighted by Crippen LogP contribution is 2.45. The number of anilines is 2. The molecule has 0 amide bonds. The smallest absolute Gasteiger partial charge is 0.136 e. The zero-order chi connectivity index (χ0) is 25.5. The van der Waals surface area contributed by atoms with Crippen molar-refractivity contribution in [3.05, 3.63) is 121 Å². The van der Waals surface area contributed by atoms with Crippen LogP contribution in [0.15, 0.2) is 130 Å². The van der Waals surface area contributed by atoms with Gasteiger partial charge in [-0.05, 0) is 70.8 Å². The standard InChI is InChI=1S/C36H21NO2/c1-4-12-29-23(8-1)22-18-28(36-26-10-3-6-14-31(26)38-34(36)20-22)21-16-17-27-33(19-21)39-32-15-7-11-25(35(27)32)24-9-2-5-13-30(24)37-29/h1-20,37H. The number of benzene rings is 6. The lowest BCUT2D eigenvalue weighted by Crippen LogP contribution is -1.96. The third-order valence-electron chi connectivity index (χ3n) is 8.01. The van der Waals surface area contributed by atoms with Gasteiger partial charge in [0, 0.05) is 44.0 Å². The molecule has 4 heterocycles. The van der Waals surface area contributed by atoms with Crippen LogP contribution in [0.3, 0.4) is 0 Å². The highest BCUT2D eigenvalue weighted by atomic mass is 16.3. The lowest BCUT2D eigenvalue weighted by Gasteiger charge is -2.17. The molecule has 2 aliphatic heterocycles. The Morgan fingerprint density at radius 1 is 0.385 bits per heavy atom. The number of hydrogen-bond donors (Lipinski definition) is 1. The minimum Gasteiger partial charge on any atom is -0.456 e. The van der Waals surface area contributed by atoms with Gasteiger partial charge in [-0.2, -0.15) is 0 Å². The maximum Gasteiger partial charge on any atom is 0.136 e. The second-order valence-corrected chi connectivity index (χ2v) is 10.2. The maximum absolute atomic E-state index is 6.50. The summed E-state index contributed by atoms with van der Waals surface area (Å²) in [5.74, 6) is 0. The number of furan rings is 2. The number of hydrogen-bond acceptors (Lipinski definition) is 3. The monoisotopic (exact) mass is 499 g/mol. The SMILES string of the molecule is c1ccc2c(c1)Nc1ccccc1-c1cccc3oc4cc(ccc4c13)-c1cc-2cc2oc3ccccc3c12. The lowest BCUT2D eigenvalue weighted by atomic mass is 9.92. The highest BCUT2D eigenvalue weighted by molar-refractivity contribution is 6.17. The molecule has 3 nitrogen and oxygen atoms in total. The molecule has 3 heteroatoms. The van der Waals surface area contributed by atoms with Gasteiger partial charge >= 0.3 is 0 Å². The number of rotatable bonds is 0. The van der Waals surface area contributed by atoms with Gasteiger partial charge in [-0.3, -0.25) is 0 Å². The van der Waals surface area contributed by atoms with Crippen LogP contribution >= 0.6 is 0 Å². The topological polar surface area (TPSA) is 38.3 Å². The van der Waals surface area contributed by atoms with Crippen molar-refractivity contribution in [2.75, 3.05) is 5.32 Å². The van der Waals surface area contributed by atoms with Crippen LogP contribution in [-0.2, 0) is 0 Å². The molecule has 0 atom stereocenters. The first-order chi connectivity index (χ1) is 19.3. The van der Waals surface area contributed by atoms with Gasteiger partial charge in [0.1, 0.15) is 22.3 Å². The molecular weight excluding hydrogens is 478 g/mol. The van der Waals surface area contributed by atoms with Crippen LogP contribution < -0.4 is 5.32 Å². The minimum atomic E-state index is 0.873. The van der Waals surface area contributed by atoms with Crippen molar-refractivity contribution in [2.24, 2.45) is 0 Å². The van der Waals surface area contributed by atoms with Crippen LogP contribution in [0.5, 0.6) is 0 Å².